The number of carbonyl (C=O) groups is 2. The third-order valence-electron chi connectivity index (χ3n) is 4.19. The largest absolute Gasteiger partial charge is 0.486 e. The number of ether oxygens (including phenoxy) is 1. The fourth-order valence-corrected chi connectivity index (χ4v) is 2.69. The highest BCUT2D eigenvalue weighted by Gasteiger charge is 2.32. The zero-order valence-electron chi connectivity index (χ0n) is 13.2. The Hall–Kier alpha value is -2.37. The zero-order chi connectivity index (χ0) is 16.2. The van der Waals surface area contributed by atoms with Crippen LogP contribution < -0.4 is 10.2 Å². The minimum atomic E-state index is -0.0565. The first-order valence-electron chi connectivity index (χ1n) is 7.96. The van der Waals surface area contributed by atoms with Crippen LogP contribution >= 0.6 is 0 Å². The topological polar surface area (TPSA) is 71.0 Å². The summed E-state index contributed by atoms with van der Waals surface area (Å²) in [5, 5.41) is 3.99. The van der Waals surface area contributed by atoms with Crippen molar-refractivity contribution in [2.24, 2.45) is 5.10 Å². The lowest BCUT2D eigenvalue weighted by Crippen LogP contribution is -2.56. The van der Waals surface area contributed by atoms with Crippen LogP contribution in [0.2, 0.25) is 0 Å². The first kappa shape index (κ1) is 15.5. The molecule has 2 aliphatic heterocycles. The number of benzene rings is 1. The van der Waals surface area contributed by atoms with Crippen LogP contribution in [0.5, 0.6) is 5.75 Å². The minimum absolute atomic E-state index is 0.0565. The summed E-state index contributed by atoms with van der Waals surface area (Å²) in [7, 11) is 0. The van der Waals surface area contributed by atoms with Crippen molar-refractivity contribution in [1.29, 1.82) is 0 Å². The third-order valence-corrected chi connectivity index (χ3v) is 4.19. The average molecular weight is 315 g/mol. The predicted molar refractivity (Wildman–Crippen MR) is 86.2 cm³/mol. The van der Waals surface area contributed by atoms with Gasteiger partial charge in [-0.15, -0.1) is 0 Å². The molecule has 1 aromatic rings. The molecular formula is C17H21N3O3. The highest BCUT2D eigenvalue weighted by molar-refractivity contribution is 5.94. The van der Waals surface area contributed by atoms with E-state index in [1.807, 2.05) is 36.1 Å². The maximum Gasteiger partial charge on any atom is 0.240 e. The molecule has 0 atom stereocenters. The van der Waals surface area contributed by atoms with Gasteiger partial charge in [-0.3, -0.25) is 9.59 Å². The Morgan fingerprint density at radius 3 is 2.83 bits per heavy atom. The fourth-order valence-electron chi connectivity index (χ4n) is 2.69. The number of aryl methyl sites for hydroxylation is 1. The molecule has 0 unspecified atom stereocenters. The number of amides is 2. The first-order valence-corrected chi connectivity index (χ1v) is 7.96. The molecule has 1 saturated heterocycles. The minimum Gasteiger partial charge on any atom is -0.486 e. The molecule has 0 aliphatic carbocycles. The van der Waals surface area contributed by atoms with Gasteiger partial charge in [0.05, 0.1) is 13.1 Å². The van der Waals surface area contributed by atoms with Crippen LogP contribution in [0.1, 0.15) is 31.2 Å². The Bertz CT molecular complexity index is 636. The van der Waals surface area contributed by atoms with Crippen molar-refractivity contribution in [2.75, 3.05) is 13.1 Å². The normalized spacial score (nSPS) is 18.0. The standard InChI is InChI=1S/C17H21N3O3/c1-12-4-2-3-5-15(12)23-14-10-20(11-14)17(22)9-7-13-6-8-16(21)19-18-13/h2-5,14H,6-11H2,1H3,(H,19,21). The molecule has 23 heavy (non-hydrogen) atoms. The van der Waals surface area contributed by atoms with E-state index in [0.29, 0.717) is 38.8 Å². The highest BCUT2D eigenvalue weighted by atomic mass is 16.5. The van der Waals surface area contributed by atoms with Crippen molar-refractivity contribution in [3.8, 4) is 5.75 Å². The van der Waals surface area contributed by atoms with E-state index in [0.717, 1.165) is 17.0 Å². The fraction of sp³-hybridized carbons (Fsp3) is 0.471. The Kier molecular flexibility index (Phi) is 4.60. The van der Waals surface area contributed by atoms with Gasteiger partial charge < -0.3 is 9.64 Å². The van der Waals surface area contributed by atoms with Crippen LogP contribution in [0.3, 0.4) is 0 Å². The molecule has 0 aromatic heterocycles. The van der Waals surface area contributed by atoms with Crippen LogP contribution in [-0.2, 0) is 9.59 Å². The average Bonchev–Trinajstić information content (AvgIpc) is 2.51. The van der Waals surface area contributed by atoms with Gasteiger partial charge in [0.1, 0.15) is 11.9 Å². The second-order valence-corrected chi connectivity index (χ2v) is 6.02. The van der Waals surface area contributed by atoms with Crippen LogP contribution in [0.25, 0.3) is 0 Å². The Morgan fingerprint density at radius 2 is 2.13 bits per heavy atom. The van der Waals surface area contributed by atoms with Crippen molar-refractivity contribution in [3.63, 3.8) is 0 Å². The van der Waals surface area contributed by atoms with Gasteiger partial charge in [0.2, 0.25) is 11.8 Å². The number of nitrogens with zero attached hydrogens (tertiary/aromatic N) is 2. The summed E-state index contributed by atoms with van der Waals surface area (Å²) in [6.07, 6.45) is 2.23. The molecule has 0 radical (unpaired) electrons. The predicted octanol–water partition coefficient (Wildman–Crippen LogP) is 1.63. The monoisotopic (exact) mass is 315 g/mol. The van der Waals surface area contributed by atoms with Gasteiger partial charge in [-0.05, 0) is 31.4 Å². The number of likely N-dealkylation sites (tertiary alicyclic amines) is 1. The molecule has 2 amide bonds. The van der Waals surface area contributed by atoms with E-state index in [-0.39, 0.29) is 17.9 Å². The van der Waals surface area contributed by atoms with E-state index in [4.69, 9.17) is 4.74 Å². The maximum absolute atomic E-state index is 12.1. The number of hydrogen-bond acceptors (Lipinski definition) is 4. The van der Waals surface area contributed by atoms with Crippen LogP contribution in [0.15, 0.2) is 29.4 Å². The maximum atomic E-state index is 12.1. The smallest absolute Gasteiger partial charge is 0.240 e. The summed E-state index contributed by atoms with van der Waals surface area (Å²) >= 11 is 0. The number of para-hydroxylation sites is 1. The van der Waals surface area contributed by atoms with E-state index in [9.17, 15) is 9.59 Å². The Balaban J connectivity index is 1.40. The summed E-state index contributed by atoms with van der Waals surface area (Å²) in [4.78, 5) is 24.9. The second-order valence-electron chi connectivity index (χ2n) is 6.02. The van der Waals surface area contributed by atoms with Gasteiger partial charge in [-0.25, -0.2) is 5.43 Å². The molecule has 2 heterocycles. The SMILES string of the molecule is Cc1ccccc1OC1CN(C(=O)CCC2=NNC(=O)CC2)C1. The first-order chi connectivity index (χ1) is 11.1. The molecule has 6 nitrogen and oxygen atoms in total. The van der Waals surface area contributed by atoms with Gasteiger partial charge in [-0.1, -0.05) is 18.2 Å². The molecule has 2 aliphatic rings. The Morgan fingerprint density at radius 1 is 1.35 bits per heavy atom. The number of hydrazone groups is 1. The van der Waals surface area contributed by atoms with Crippen LogP contribution in [0, 0.1) is 6.92 Å². The highest BCUT2D eigenvalue weighted by Crippen LogP contribution is 2.22. The van der Waals surface area contributed by atoms with Crippen molar-refractivity contribution in [1.82, 2.24) is 10.3 Å². The van der Waals surface area contributed by atoms with Crippen molar-refractivity contribution in [3.05, 3.63) is 29.8 Å². The quantitative estimate of drug-likeness (QED) is 0.898. The summed E-state index contributed by atoms with van der Waals surface area (Å²) in [6, 6.07) is 7.90. The van der Waals surface area contributed by atoms with E-state index >= 15 is 0 Å². The summed E-state index contributed by atoms with van der Waals surface area (Å²) in [6.45, 7) is 3.29. The number of rotatable bonds is 5. The molecule has 0 bridgehead atoms. The number of nitrogens with one attached hydrogen (secondary N) is 1. The van der Waals surface area contributed by atoms with Crippen LogP contribution in [0.4, 0.5) is 0 Å². The van der Waals surface area contributed by atoms with Crippen LogP contribution in [-0.4, -0.2) is 41.6 Å². The molecule has 3 rings (SSSR count). The lowest BCUT2D eigenvalue weighted by atomic mass is 10.1. The zero-order valence-corrected chi connectivity index (χ0v) is 13.2. The summed E-state index contributed by atoms with van der Waals surface area (Å²) in [5.74, 6) is 0.949. The molecule has 1 aromatic carbocycles. The Labute approximate surface area is 135 Å². The van der Waals surface area contributed by atoms with E-state index in [1.165, 1.54) is 0 Å². The number of carbonyl (C=O) groups excluding carboxylic acids is 2. The number of hydrogen-bond donors (Lipinski definition) is 1. The lowest BCUT2D eigenvalue weighted by molar-refractivity contribution is -0.139. The second kappa shape index (κ2) is 6.81. The molecule has 6 heteroatoms. The van der Waals surface area contributed by atoms with E-state index < -0.39 is 0 Å². The van der Waals surface area contributed by atoms with Crippen molar-refractivity contribution < 1.29 is 14.3 Å². The summed E-state index contributed by atoms with van der Waals surface area (Å²) in [5.41, 5.74) is 4.46. The lowest BCUT2D eigenvalue weighted by Gasteiger charge is -2.39. The van der Waals surface area contributed by atoms with E-state index in [1.54, 1.807) is 0 Å². The van der Waals surface area contributed by atoms with Gasteiger partial charge in [0, 0.05) is 18.6 Å². The van der Waals surface area contributed by atoms with Crippen molar-refractivity contribution >= 4 is 17.5 Å². The van der Waals surface area contributed by atoms with Gasteiger partial charge in [0.15, 0.2) is 0 Å². The molecule has 122 valence electrons. The molecule has 1 N–H and O–H groups in total. The molecule has 0 saturated carbocycles. The summed E-state index contributed by atoms with van der Waals surface area (Å²) < 4.78 is 5.90. The molecule has 0 spiro atoms. The van der Waals surface area contributed by atoms with E-state index in [2.05, 4.69) is 10.5 Å². The molecular weight excluding hydrogens is 294 g/mol. The third kappa shape index (κ3) is 3.88. The molecule has 1 fully saturated rings. The van der Waals surface area contributed by atoms with Crippen molar-refractivity contribution in [2.45, 2.75) is 38.7 Å². The van der Waals surface area contributed by atoms with Gasteiger partial charge in [0.25, 0.3) is 0 Å². The van der Waals surface area contributed by atoms with Gasteiger partial charge in [-0.2, -0.15) is 5.10 Å². The van der Waals surface area contributed by atoms with Gasteiger partial charge >= 0.3 is 0 Å².